The summed E-state index contributed by atoms with van der Waals surface area (Å²) in [5.41, 5.74) is 2.93. The van der Waals surface area contributed by atoms with E-state index in [9.17, 15) is 9.59 Å². The van der Waals surface area contributed by atoms with Gasteiger partial charge in [0.1, 0.15) is 0 Å². The maximum Gasteiger partial charge on any atom is 0.409 e. The van der Waals surface area contributed by atoms with Gasteiger partial charge in [0.15, 0.2) is 5.13 Å². The monoisotopic (exact) mass is 398 g/mol. The van der Waals surface area contributed by atoms with Gasteiger partial charge in [-0.15, -0.1) is 11.3 Å². The number of nitrogens with zero attached hydrogens (tertiary/aromatic N) is 2. The van der Waals surface area contributed by atoms with Crippen LogP contribution in [-0.2, 0) is 9.53 Å². The van der Waals surface area contributed by atoms with E-state index in [4.69, 9.17) is 4.74 Å². The number of rotatable bonds is 4. The van der Waals surface area contributed by atoms with Crippen LogP contribution in [0.4, 0.5) is 9.93 Å². The zero-order valence-corrected chi connectivity index (χ0v) is 16.4. The van der Waals surface area contributed by atoms with Gasteiger partial charge in [-0.3, -0.25) is 4.79 Å². The van der Waals surface area contributed by atoms with E-state index in [0.29, 0.717) is 37.7 Å². The van der Waals surface area contributed by atoms with Gasteiger partial charge in [0.2, 0.25) is 5.91 Å². The van der Waals surface area contributed by atoms with Crippen molar-refractivity contribution in [2.24, 2.45) is 5.92 Å². The highest BCUT2D eigenvalue weighted by Crippen LogP contribution is 2.31. The first kappa shape index (κ1) is 18.5. The van der Waals surface area contributed by atoms with E-state index in [1.54, 1.807) is 11.8 Å². The molecule has 2 amide bonds. The minimum absolute atomic E-state index is 0.0386. The highest BCUT2D eigenvalue weighted by atomic mass is 32.1. The Balaban J connectivity index is 1.38. The molecule has 1 saturated heterocycles. The zero-order chi connectivity index (χ0) is 19.5. The number of aromatic amines is 1. The lowest BCUT2D eigenvalue weighted by atomic mass is 9.96. The number of nitrogens with one attached hydrogen (secondary N) is 2. The van der Waals surface area contributed by atoms with Crippen LogP contribution in [0.25, 0.3) is 22.2 Å². The summed E-state index contributed by atoms with van der Waals surface area (Å²) in [4.78, 5) is 33.9. The maximum absolute atomic E-state index is 12.6. The molecule has 1 aliphatic rings. The van der Waals surface area contributed by atoms with E-state index >= 15 is 0 Å². The number of ether oxygens (including phenoxy) is 1. The molecule has 1 aromatic carbocycles. The number of carbonyl (C=O) groups is 2. The molecule has 3 heterocycles. The van der Waals surface area contributed by atoms with Crippen LogP contribution >= 0.6 is 11.3 Å². The largest absolute Gasteiger partial charge is 0.450 e. The fourth-order valence-electron chi connectivity index (χ4n) is 3.48. The molecule has 2 aromatic heterocycles. The van der Waals surface area contributed by atoms with Gasteiger partial charge in [0, 0.05) is 47.1 Å². The number of piperidine rings is 1. The number of H-pyrrole nitrogens is 1. The second kappa shape index (κ2) is 8.02. The molecule has 0 bridgehead atoms. The van der Waals surface area contributed by atoms with E-state index < -0.39 is 0 Å². The number of benzene rings is 1. The summed E-state index contributed by atoms with van der Waals surface area (Å²) in [6, 6.07) is 8.06. The molecule has 0 saturated carbocycles. The third-order valence-corrected chi connectivity index (χ3v) is 5.75. The Morgan fingerprint density at radius 2 is 2.11 bits per heavy atom. The number of amides is 2. The summed E-state index contributed by atoms with van der Waals surface area (Å²) in [5, 5.41) is 6.59. The molecule has 146 valence electrons. The van der Waals surface area contributed by atoms with Gasteiger partial charge >= 0.3 is 6.09 Å². The Hall–Kier alpha value is -2.87. The summed E-state index contributed by atoms with van der Waals surface area (Å²) in [7, 11) is 0. The first-order valence-electron chi connectivity index (χ1n) is 9.40. The van der Waals surface area contributed by atoms with Gasteiger partial charge in [0.25, 0.3) is 0 Å². The number of carbonyl (C=O) groups excluding carboxylic acids is 2. The number of hydrogen-bond acceptors (Lipinski definition) is 5. The predicted molar refractivity (Wildman–Crippen MR) is 109 cm³/mol. The molecule has 4 rings (SSSR count). The predicted octanol–water partition coefficient (Wildman–Crippen LogP) is 4.10. The second-order valence-electron chi connectivity index (χ2n) is 6.74. The SMILES string of the molecule is CCOC(=O)N1CCC(C(=O)Nc2nc(-c3c[nH]c4ccccc34)cs2)CC1. The van der Waals surface area contributed by atoms with Gasteiger partial charge < -0.3 is 19.9 Å². The van der Waals surface area contributed by atoms with Crippen molar-refractivity contribution in [1.29, 1.82) is 0 Å². The van der Waals surface area contributed by atoms with Gasteiger partial charge in [-0.1, -0.05) is 18.2 Å². The standard InChI is InChI=1S/C20H22N4O3S/c1-2-27-20(26)24-9-7-13(8-10-24)18(25)23-19-22-17(12-28-19)15-11-21-16-6-4-3-5-14(15)16/h3-6,11-13,21H,2,7-10H2,1H3,(H,22,23,25). The molecule has 7 nitrogen and oxygen atoms in total. The van der Waals surface area contributed by atoms with Crippen molar-refractivity contribution in [3.63, 3.8) is 0 Å². The van der Waals surface area contributed by atoms with Crippen molar-refractivity contribution in [2.75, 3.05) is 25.0 Å². The maximum atomic E-state index is 12.6. The average Bonchev–Trinajstić information content (AvgIpc) is 3.35. The van der Waals surface area contributed by atoms with Crippen LogP contribution in [0.5, 0.6) is 0 Å². The first-order chi connectivity index (χ1) is 13.7. The second-order valence-corrected chi connectivity index (χ2v) is 7.59. The molecule has 28 heavy (non-hydrogen) atoms. The molecule has 1 aliphatic heterocycles. The van der Waals surface area contributed by atoms with Crippen LogP contribution in [0.2, 0.25) is 0 Å². The number of hydrogen-bond donors (Lipinski definition) is 2. The summed E-state index contributed by atoms with van der Waals surface area (Å²) >= 11 is 1.42. The minimum atomic E-state index is -0.301. The lowest BCUT2D eigenvalue weighted by Crippen LogP contribution is -2.41. The number of anilines is 1. The number of fused-ring (bicyclic) bond motifs is 1. The average molecular weight is 398 g/mol. The fraction of sp³-hybridized carbons (Fsp3) is 0.350. The fourth-order valence-corrected chi connectivity index (χ4v) is 4.20. The normalized spacial score (nSPS) is 15.0. The van der Waals surface area contributed by atoms with Crippen molar-refractivity contribution in [3.8, 4) is 11.3 Å². The van der Waals surface area contributed by atoms with Crippen molar-refractivity contribution in [1.82, 2.24) is 14.9 Å². The first-order valence-corrected chi connectivity index (χ1v) is 10.3. The molecule has 0 radical (unpaired) electrons. The Kier molecular flexibility index (Phi) is 5.29. The van der Waals surface area contributed by atoms with Gasteiger partial charge in [-0.2, -0.15) is 0 Å². The van der Waals surface area contributed by atoms with E-state index in [1.807, 2.05) is 29.8 Å². The molecule has 1 fully saturated rings. The molecule has 3 aromatic rings. The quantitative estimate of drug-likeness (QED) is 0.693. The number of para-hydroxylation sites is 1. The summed E-state index contributed by atoms with van der Waals surface area (Å²) in [6.07, 6.45) is 2.90. The molecule has 0 spiro atoms. The van der Waals surface area contributed by atoms with Crippen LogP contribution < -0.4 is 5.32 Å². The highest BCUT2D eigenvalue weighted by molar-refractivity contribution is 7.14. The van der Waals surface area contributed by atoms with Gasteiger partial charge in [-0.05, 0) is 25.8 Å². The molecule has 8 heteroatoms. The van der Waals surface area contributed by atoms with Crippen LogP contribution in [0, 0.1) is 5.92 Å². The Bertz CT molecular complexity index is 988. The Labute approximate surface area is 166 Å². The van der Waals surface area contributed by atoms with E-state index in [0.717, 1.165) is 22.2 Å². The van der Waals surface area contributed by atoms with Crippen molar-refractivity contribution < 1.29 is 14.3 Å². The number of thiazole rings is 1. The van der Waals surface area contributed by atoms with Gasteiger partial charge in [-0.25, -0.2) is 9.78 Å². The van der Waals surface area contributed by atoms with E-state index in [-0.39, 0.29) is 17.9 Å². The van der Waals surface area contributed by atoms with Crippen molar-refractivity contribution >= 4 is 39.4 Å². The number of aromatic nitrogens is 2. The molecular weight excluding hydrogens is 376 g/mol. The van der Waals surface area contributed by atoms with Crippen molar-refractivity contribution in [2.45, 2.75) is 19.8 Å². The highest BCUT2D eigenvalue weighted by Gasteiger charge is 2.28. The van der Waals surface area contributed by atoms with Crippen molar-refractivity contribution in [3.05, 3.63) is 35.8 Å². The summed E-state index contributed by atoms with van der Waals surface area (Å²) < 4.78 is 5.02. The van der Waals surface area contributed by atoms with Crippen LogP contribution in [0.15, 0.2) is 35.8 Å². The van der Waals surface area contributed by atoms with Gasteiger partial charge in [0.05, 0.1) is 12.3 Å². The van der Waals surface area contributed by atoms with E-state index in [2.05, 4.69) is 21.4 Å². The third-order valence-electron chi connectivity index (χ3n) is 4.99. The lowest BCUT2D eigenvalue weighted by Gasteiger charge is -2.30. The van der Waals surface area contributed by atoms with Crippen LogP contribution in [0.3, 0.4) is 0 Å². The summed E-state index contributed by atoms with van der Waals surface area (Å²) in [6.45, 7) is 3.23. The molecule has 0 unspecified atom stereocenters. The van der Waals surface area contributed by atoms with Crippen LogP contribution in [-0.4, -0.2) is 46.6 Å². The topological polar surface area (TPSA) is 87.3 Å². The van der Waals surface area contributed by atoms with E-state index in [1.165, 1.54) is 11.3 Å². The molecular formula is C20H22N4O3S. The molecule has 2 N–H and O–H groups in total. The lowest BCUT2D eigenvalue weighted by molar-refractivity contribution is -0.121. The smallest absolute Gasteiger partial charge is 0.409 e. The third kappa shape index (κ3) is 3.73. The molecule has 0 atom stereocenters. The minimum Gasteiger partial charge on any atom is -0.450 e. The zero-order valence-electron chi connectivity index (χ0n) is 15.6. The van der Waals surface area contributed by atoms with Crippen LogP contribution in [0.1, 0.15) is 19.8 Å². The molecule has 0 aliphatic carbocycles. The Morgan fingerprint density at radius 1 is 1.32 bits per heavy atom. The Morgan fingerprint density at radius 3 is 2.89 bits per heavy atom. The number of likely N-dealkylation sites (tertiary alicyclic amines) is 1. The summed E-state index contributed by atoms with van der Waals surface area (Å²) in [5.74, 6) is -0.158.